The second-order valence-electron chi connectivity index (χ2n) is 5.15. The summed E-state index contributed by atoms with van der Waals surface area (Å²) in [4.78, 5) is 0. The van der Waals surface area contributed by atoms with Crippen molar-refractivity contribution in [2.75, 3.05) is 0 Å². The largest absolute Gasteiger partial charge is 0.310 e. The molecule has 1 aliphatic carbocycles. The number of rotatable bonds is 5. The average Bonchev–Trinajstić information content (AvgIpc) is 2.81. The Kier molecular flexibility index (Phi) is 4.41. The highest BCUT2D eigenvalue weighted by Crippen LogP contribution is 2.28. The second-order valence-corrected chi connectivity index (χ2v) is 5.15. The third kappa shape index (κ3) is 3.64. The summed E-state index contributed by atoms with van der Waals surface area (Å²) in [5, 5.41) is 3.63. The van der Waals surface area contributed by atoms with E-state index in [-0.39, 0.29) is 0 Å². The lowest BCUT2D eigenvalue weighted by atomic mass is 9.99. The molecule has 1 fully saturated rings. The molecule has 0 saturated heterocycles. The van der Waals surface area contributed by atoms with Crippen molar-refractivity contribution >= 4 is 0 Å². The summed E-state index contributed by atoms with van der Waals surface area (Å²) in [5.41, 5.74) is 1.39. The summed E-state index contributed by atoms with van der Waals surface area (Å²) in [5.74, 6) is 0.985. The van der Waals surface area contributed by atoms with Crippen molar-refractivity contribution in [2.45, 2.75) is 51.6 Å². The molecule has 88 valence electrons. The smallest absolute Gasteiger partial charge is 0.0207 e. The van der Waals surface area contributed by atoms with Gasteiger partial charge in [-0.15, -0.1) is 0 Å². The number of nitrogens with one attached hydrogen (secondary N) is 1. The van der Waals surface area contributed by atoms with Crippen LogP contribution in [0.3, 0.4) is 0 Å². The van der Waals surface area contributed by atoms with Crippen LogP contribution in [-0.2, 0) is 6.54 Å². The highest BCUT2D eigenvalue weighted by Gasteiger charge is 2.17. The van der Waals surface area contributed by atoms with E-state index >= 15 is 0 Å². The van der Waals surface area contributed by atoms with Crippen molar-refractivity contribution in [2.24, 2.45) is 5.92 Å². The molecule has 1 nitrogen and oxygen atoms in total. The fourth-order valence-corrected chi connectivity index (χ4v) is 2.72. The predicted molar refractivity (Wildman–Crippen MR) is 69.3 cm³/mol. The molecule has 16 heavy (non-hydrogen) atoms. The van der Waals surface area contributed by atoms with Crippen molar-refractivity contribution in [1.82, 2.24) is 5.32 Å². The van der Waals surface area contributed by atoms with Gasteiger partial charge in [0.05, 0.1) is 0 Å². The van der Waals surface area contributed by atoms with Crippen molar-refractivity contribution in [3.8, 4) is 0 Å². The fourth-order valence-electron chi connectivity index (χ4n) is 2.72. The Morgan fingerprint density at radius 1 is 1.19 bits per heavy atom. The van der Waals surface area contributed by atoms with Crippen LogP contribution in [0, 0.1) is 5.92 Å². The van der Waals surface area contributed by atoms with Crippen LogP contribution in [0.25, 0.3) is 0 Å². The lowest BCUT2D eigenvalue weighted by Crippen LogP contribution is -2.27. The molecule has 1 atom stereocenters. The standard InChI is InChI=1S/C15H23N/c1-13(11-14-7-5-6-8-14)16-12-15-9-3-2-4-10-15/h2-4,9-10,13-14,16H,5-8,11-12H2,1H3. The predicted octanol–water partition coefficient (Wildman–Crippen LogP) is 3.75. The minimum atomic E-state index is 0.656. The van der Waals surface area contributed by atoms with Crippen LogP contribution in [0.1, 0.15) is 44.6 Å². The molecule has 0 spiro atoms. The van der Waals surface area contributed by atoms with Gasteiger partial charge in [-0.25, -0.2) is 0 Å². The van der Waals surface area contributed by atoms with Crippen molar-refractivity contribution in [3.63, 3.8) is 0 Å². The van der Waals surface area contributed by atoms with Gasteiger partial charge in [0.15, 0.2) is 0 Å². The Bertz CT molecular complexity index is 288. The fraction of sp³-hybridized carbons (Fsp3) is 0.600. The lowest BCUT2D eigenvalue weighted by molar-refractivity contribution is 0.404. The van der Waals surface area contributed by atoms with Gasteiger partial charge >= 0.3 is 0 Å². The van der Waals surface area contributed by atoms with Crippen LogP contribution < -0.4 is 5.32 Å². The quantitative estimate of drug-likeness (QED) is 0.792. The summed E-state index contributed by atoms with van der Waals surface area (Å²) in [6.45, 7) is 3.33. The molecular weight excluding hydrogens is 194 g/mol. The Hall–Kier alpha value is -0.820. The molecule has 1 aromatic rings. The van der Waals surface area contributed by atoms with E-state index in [0.717, 1.165) is 12.5 Å². The maximum Gasteiger partial charge on any atom is 0.0207 e. The number of benzene rings is 1. The summed E-state index contributed by atoms with van der Waals surface area (Å²) >= 11 is 0. The third-order valence-corrected chi connectivity index (χ3v) is 3.66. The van der Waals surface area contributed by atoms with Gasteiger partial charge in [0.25, 0.3) is 0 Å². The molecule has 0 aliphatic heterocycles. The summed E-state index contributed by atoms with van der Waals surface area (Å²) in [6, 6.07) is 11.3. The maximum atomic E-state index is 3.63. The highest BCUT2D eigenvalue weighted by atomic mass is 14.9. The van der Waals surface area contributed by atoms with Gasteiger partial charge in [-0.05, 0) is 24.8 Å². The lowest BCUT2D eigenvalue weighted by Gasteiger charge is -2.17. The molecule has 1 aromatic carbocycles. The first-order chi connectivity index (χ1) is 7.84. The molecule has 1 unspecified atom stereocenters. The first-order valence-corrected chi connectivity index (χ1v) is 6.62. The van der Waals surface area contributed by atoms with Gasteiger partial charge in [-0.1, -0.05) is 56.0 Å². The van der Waals surface area contributed by atoms with Crippen molar-refractivity contribution in [1.29, 1.82) is 0 Å². The minimum Gasteiger partial charge on any atom is -0.310 e. The summed E-state index contributed by atoms with van der Waals surface area (Å²) in [7, 11) is 0. The van der Waals surface area contributed by atoms with Crippen molar-refractivity contribution in [3.05, 3.63) is 35.9 Å². The third-order valence-electron chi connectivity index (χ3n) is 3.66. The van der Waals surface area contributed by atoms with Gasteiger partial charge in [0.1, 0.15) is 0 Å². The normalized spacial score (nSPS) is 18.8. The van der Waals surface area contributed by atoms with E-state index in [4.69, 9.17) is 0 Å². The summed E-state index contributed by atoms with van der Waals surface area (Å²) < 4.78 is 0. The monoisotopic (exact) mass is 217 g/mol. The Morgan fingerprint density at radius 2 is 1.88 bits per heavy atom. The van der Waals surface area contributed by atoms with Gasteiger partial charge < -0.3 is 5.32 Å². The molecule has 0 amide bonds. The zero-order valence-electron chi connectivity index (χ0n) is 10.3. The van der Waals surface area contributed by atoms with E-state index in [1.807, 2.05) is 0 Å². The van der Waals surface area contributed by atoms with E-state index in [2.05, 4.69) is 42.6 Å². The molecule has 2 rings (SSSR count). The molecule has 0 radical (unpaired) electrons. The van der Waals surface area contributed by atoms with Crippen LogP contribution in [0.4, 0.5) is 0 Å². The Morgan fingerprint density at radius 3 is 2.56 bits per heavy atom. The van der Waals surface area contributed by atoms with Gasteiger partial charge in [-0.3, -0.25) is 0 Å². The zero-order chi connectivity index (χ0) is 11.2. The van der Waals surface area contributed by atoms with Crippen LogP contribution in [0.15, 0.2) is 30.3 Å². The van der Waals surface area contributed by atoms with E-state index in [1.54, 1.807) is 0 Å². The highest BCUT2D eigenvalue weighted by molar-refractivity contribution is 5.14. The van der Waals surface area contributed by atoms with E-state index in [0.29, 0.717) is 6.04 Å². The first kappa shape index (κ1) is 11.7. The first-order valence-electron chi connectivity index (χ1n) is 6.62. The molecule has 0 aromatic heterocycles. The van der Waals surface area contributed by atoms with Gasteiger partial charge in [-0.2, -0.15) is 0 Å². The molecular formula is C15H23N. The van der Waals surface area contributed by atoms with E-state index in [1.165, 1.54) is 37.7 Å². The zero-order valence-corrected chi connectivity index (χ0v) is 10.3. The van der Waals surface area contributed by atoms with Crippen LogP contribution >= 0.6 is 0 Å². The van der Waals surface area contributed by atoms with Crippen LogP contribution in [0.5, 0.6) is 0 Å². The Balaban J connectivity index is 1.69. The average molecular weight is 217 g/mol. The Labute approximate surface area is 99.3 Å². The van der Waals surface area contributed by atoms with E-state index < -0.39 is 0 Å². The SMILES string of the molecule is CC(CC1CCCC1)NCc1ccccc1. The topological polar surface area (TPSA) is 12.0 Å². The molecule has 0 heterocycles. The molecule has 1 saturated carbocycles. The maximum absolute atomic E-state index is 3.63. The van der Waals surface area contributed by atoms with Gasteiger partial charge in [0.2, 0.25) is 0 Å². The van der Waals surface area contributed by atoms with Crippen molar-refractivity contribution < 1.29 is 0 Å². The molecule has 1 heteroatoms. The van der Waals surface area contributed by atoms with E-state index in [9.17, 15) is 0 Å². The van der Waals surface area contributed by atoms with Crippen LogP contribution in [-0.4, -0.2) is 6.04 Å². The summed E-state index contributed by atoms with van der Waals surface area (Å²) in [6.07, 6.45) is 7.17. The molecule has 0 bridgehead atoms. The number of hydrogen-bond donors (Lipinski definition) is 1. The van der Waals surface area contributed by atoms with Crippen LogP contribution in [0.2, 0.25) is 0 Å². The second kappa shape index (κ2) is 6.05. The number of hydrogen-bond acceptors (Lipinski definition) is 1. The molecule has 1 N–H and O–H groups in total. The molecule has 1 aliphatic rings. The van der Waals surface area contributed by atoms with Gasteiger partial charge in [0, 0.05) is 12.6 Å². The minimum absolute atomic E-state index is 0.656.